The molecule has 0 aliphatic carbocycles. The highest BCUT2D eigenvalue weighted by molar-refractivity contribution is 5.91. The fraction of sp³-hybridized carbons (Fsp3) is 0.348. The average Bonchev–Trinajstić information content (AvgIpc) is 3.24. The number of fused-ring (bicyclic) bond motifs is 2. The van der Waals surface area contributed by atoms with Crippen molar-refractivity contribution >= 4 is 22.4 Å². The van der Waals surface area contributed by atoms with Crippen LogP contribution in [0.3, 0.4) is 0 Å². The van der Waals surface area contributed by atoms with Crippen molar-refractivity contribution in [2.75, 3.05) is 25.5 Å². The standard InChI is InChI=1S/C23H24F2N6O/c1-3-23(25)13-26-9-6-18(23)28-22-29-21(32-2)20-16(7-10-31(20)30-22)15-11-14-5-4-8-27-19(14)17(24)12-15/h4-5,7-8,10-12,18,26H,3,6,9,13H2,1-2H3,(H,28,30)/t18-,23?/m1/s1. The van der Waals surface area contributed by atoms with Gasteiger partial charge in [0.25, 0.3) is 0 Å². The molecule has 1 aromatic carbocycles. The molecule has 1 unspecified atom stereocenters. The number of hydrogen-bond donors (Lipinski definition) is 2. The van der Waals surface area contributed by atoms with Crippen LogP contribution < -0.4 is 15.4 Å². The minimum atomic E-state index is -1.39. The first-order valence-corrected chi connectivity index (χ1v) is 10.7. The van der Waals surface area contributed by atoms with E-state index >= 15 is 4.39 Å². The minimum Gasteiger partial charge on any atom is -0.479 e. The Labute approximate surface area is 183 Å². The van der Waals surface area contributed by atoms with E-state index in [1.165, 1.54) is 13.2 Å². The molecule has 3 aromatic heterocycles. The molecule has 1 aliphatic heterocycles. The molecule has 2 N–H and O–H groups in total. The highest BCUT2D eigenvalue weighted by Gasteiger charge is 2.40. The lowest BCUT2D eigenvalue weighted by molar-refractivity contribution is 0.101. The Bertz CT molecular complexity index is 1290. The third-order valence-corrected chi connectivity index (χ3v) is 6.19. The molecule has 4 heterocycles. The van der Waals surface area contributed by atoms with Gasteiger partial charge in [0, 0.05) is 29.9 Å². The van der Waals surface area contributed by atoms with E-state index < -0.39 is 17.5 Å². The molecular formula is C23H24F2N6O. The number of alkyl halides is 1. The molecule has 0 radical (unpaired) electrons. The van der Waals surface area contributed by atoms with Gasteiger partial charge in [0.1, 0.15) is 22.5 Å². The molecular weight excluding hydrogens is 414 g/mol. The number of benzene rings is 1. The zero-order valence-corrected chi connectivity index (χ0v) is 17.9. The summed E-state index contributed by atoms with van der Waals surface area (Å²) in [5.41, 5.74) is 0.936. The molecule has 1 aliphatic rings. The van der Waals surface area contributed by atoms with E-state index in [-0.39, 0.29) is 12.5 Å². The average molecular weight is 438 g/mol. The van der Waals surface area contributed by atoms with Crippen LogP contribution in [0, 0.1) is 5.82 Å². The van der Waals surface area contributed by atoms with Gasteiger partial charge in [-0.3, -0.25) is 4.98 Å². The van der Waals surface area contributed by atoms with Crippen molar-refractivity contribution in [3.05, 3.63) is 48.5 Å². The van der Waals surface area contributed by atoms with Crippen LogP contribution in [0.5, 0.6) is 5.88 Å². The summed E-state index contributed by atoms with van der Waals surface area (Å²) in [6.07, 6.45) is 4.33. The van der Waals surface area contributed by atoms with E-state index in [2.05, 4.69) is 25.7 Å². The lowest BCUT2D eigenvalue weighted by Crippen LogP contribution is -2.55. The molecule has 0 saturated carbocycles. The summed E-state index contributed by atoms with van der Waals surface area (Å²) in [6.45, 7) is 2.85. The van der Waals surface area contributed by atoms with Gasteiger partial charge in [-0.05, 0) is 49.2 Å². The Balaban J connectivity index is 1.57. The van der Waals surface area contributed by atoms with Gasteiger partial charge in [0.05, 0.1) is 13.2 Å². The third-order valence-electron chi connectivity index (χ3n) is 6.19. The fourth-order valence-corrected chi connectivity index (χ4v) is 4.39. The smallest absolute Gasteiger partial charge is 0.244 e. The van der Waals surface area contributed by atoms with E-state index in [1.54, 1.807) is 23.0 Å². The quantitative estimate of drug-likeness (QED) is 0.491. The number of anilines is 1. The topological polar surface area (TPSA) is 76.4 Å². The number of nitrogens with zero attached hydrogens (tertiary/aromatic N) is 4. The molecule has 32 heavy (non-hydrogen) atoms. The second-order valence-corrected chi connectivity index (χ2v) is 8.05. The van der Waals surface area contributed by atoms with Gasteiger partial charge in [-0.2, -0.15) is 4.98 Å². The van der Waals surface area contributed by atoms with Crippen LogP contribution in [0.4, 0.5) is 14.7 Å². The van der Waals surface area contributed by atoms with E-state index in [0.29, 0.717) is 40.7 Å². The second kappa shape index (κ2) is 7.98. The normalized spacial score (nSPS) is 21.2. The minimum absolute atomic E-state index is 0.285. The molecule has 166 valence electrons. The van der Waals surface area contributed by atoms with Crippen LogP contribution in [-0.4, -0.2) is 51.5 Å². The van der Waals surface area contributed by atoms with Crippen LogP contribution >= 0.6 is 0 Å². The molecule has 4 aromatic rings. The van der Waals surface area contributed by atoms with Crippen LogP contribution in [0.25, 0.3) is 27.5 Å². The van der Waals surface area contributed by atoms with Gasteiger partial charge >= 0.3 is 0 Å². The maximum absolute atomic E-state index is 15.3. The summed E-state index contributed by atoms with van der Waals surface area (Å²) in [5, 5.41) is 11.5. The van der Waals surface area contributed by atoms with Crippen LogP contribution in [0.2, 0.25) is 0 Å². The van der Waals surface area contributed by atoms with Crippen LogP contribution in [-0.2, 0) is 0 Å². The van der Waals surface area contributed by atoms with Crippen molar-refractivity contribution in [1.82, 2.24) is 24.9 Å². The first-order valence-electron chi connectivity index (χ1n) is 10.7. The Kier molecular flexibility index (Phi) is 5.13. The summed E-state index contributed by atoms with van der Waals surface area (Å²) < 4.78 is 37.1. The van der Waals surface area contributed by atoms with Crippen molar-refractivity contribution in [2.45, 2.75) is 31.5 Å². The van der Waals surface area contributed by atoms with Gasteiger partial charge in [-0.25, -0.2) is 13.3 Å². The van der Waals surface area contributed by atoms with Gasteiger partial charge < -0.3 is 15.4 Å². The Morgan fingerprint density at radius 2 is 2.22 bits per heavy atom. The number of nitrogens with one attached hydrogen (secondary N) is 2. The number of aromatic nitrogens is 4. The zero-order valence-electron chi connectivity index (χ0n) is 17.9. The number of ether oxygens (including phenoxy) is 1. The number of pyridine rings is 1. The highest BCUT2D eigenvalue weighted by Crippen LogP contribution is 2.34. The van der Waals surface area contributed by atoms with Crippen molar-refractivity contribution in [2.24, 2.45) is 0 Å². The first-order chi connectivity index (χ1) is 15.5. The molecule has 1 fully saturated rings. The van der Waals surface area contributed by atoms with Gasteiger partial charge in [0.2, 0.25) is 11.8 Å². The van der Waals surface area contributed by atoms with Crippen molar-refractivity contribution in [1.29, 1.82) is 0 Å². The molecule has 2 atom stereocenters. The van der Waals surface area contributed by atoms with E-state index in [9.17, 15) is 4.39 Å². The Hall–Kier alpha value is -3.33. The maximum Gasteiger partial charge on any atom is 0.244 e. The van der Waals surface area contributed by atoms with E-state index in [0.717, 1.165) is 12.1 Å². The molecule has 1 saturated heterocycles. The number of piperidine rings is 1. The van der Waals surface area contributed by atoms with Gasteiger partial charge in [-0.15, -0.1) is 5.10 Å². The van der Waals surface area contributed by atoms with Crippen molar-refractivity contribution in [3.8, 4) is 17.0 Å². The summed E-state index contributed by atoms with van der Waals surface area (Å²) >= 11 is 0. The van der Waals surface area contributed by atoms with Crippen molar-refractivity contribution in [3.63, 3.8) is 0 Å². The molecule has 0 amide bonds. The molecule has 0 bridgehead atoms. The highest BCUT2D eigenvalue weighted by atomic mass is 19.1. The van der Waals surface area contributed by atoms with E-state index in [1.807, 2.05) is 25.1 Å². The number of rotatable bonds is 5. The molecule has 7 nitrogen and oxygen atoms in total. The monoisotopic (exact) mass is 438 g/mol. The molecule has 5 rings (SSSR count). The first kappa shape index (κ1) is 20.6. The van der Waals surface area contributed by atoms with Crippen molar-refractivity contribution < 1.29 is 13.5 Å². The summed E-state index contributed by atoms with van der Waals surface area (Å²) in [5.74, 6) is 0.206. The predicted molar refractivity (Wildman–Crippen MR) is 119 cm³/mol. The van der Waals surface area contributed by atoms with Crippen LogP contribution in [0.15, 0.2) is 42.7 Å². The Morgan fingerprint density at radius 1 is 1.34 bits per heavy atom. The lowest BCUT2D eigenvalue weighted by atomic mass is 9.88. The summed E-state index contributed by atoms with van der Waals surface area (Å²) in [6, 6.07) is 8.34. The van der Waals surface area contributed by atoms with Gasteiger partial charge in [0.15, 0.2) is 0 Å². The van der Waals surface area contributed by atoms with E-state index in [4.69, 9.17) is 4.74 Å². The second-order valence-electron chi connectivity index (χ2n) is 8.05. The fourth-order valence-electron chi connectivity index (χ4n) is 4.39. The summed E-state index contributed by atoms with van der Waals surface area (Å²) in [7, 11) is 1.52. The SMILES string of the molecule is CCC1(F)CNCC[C@H]1Nc1nc(OC)c2c(-c3cc(F)c4ncccc4c3)ccn2n1. The lowest BCUT2D eigenvalue weighted by Gasteiger charge is -2.37. The summed E-state index contributed by atoms with van der Waals surface area (Å²) in [4.78, 5) is 8.61. The largest absolute Gasteiger partial charge is 0.479 e. The maximum atomic E-state index is 15.3. The zero-order chi connectivity index (χ0) is 22.3. The molecule has 9 heteroatoms. The molecule has 0 spiro atoms. The third kappa shape index (κ3) is 3.42. The number of methoxy groups -OCH3 is 1. The number of hydrogen-bond acceptors (Lipinski definition) is 6. The van der Waals surface area contributed by atoms with Crippen LogP contribution in [0.1, 0.15) is 19.8 Å². The van der Waals surface area contributed by atoms with Gasteiger partial charge in [-0.1, -0.05) is 13.0 Å². The predicted octanol–water partition coefficient (Wildman–Crippen LogP) is 3.98. The Morgan fingerprint density at radius 3 is 3.03 bits per heavy atom. The number of halogens is 2.